The summed E-state index contributed by atoms with van der Waals surface area (Å²) in [6, 6.07) is 14.8. The van der Waals surface area contributed by atoms with Gasteiger partial charge in [-0.1, -0.05) is 52.3 Å². The fraction of sp³-hybridized carbons (Fsp3) is 0. The van der Waals surface area contributed by atoms with Gasteiger partial charge in [-0.15, -0.1) is 4.40 Å². The van der Waals surface area contributed by atoms with Crippen LogP contribution in [0.1, 0.15) is 11.1 Å². The maximum absolute atomic E-state index is 11.7. The molecule has 0 aromatic heterocycles. The topological polar surface area (TPSA) is 55.7 Å². The summed E-state index contributed by atoms with van der Waals surface area (Å²) >= 11 is 3.29. The average molecular weight is 364 g/mol. The van der Waals surface area contributed by atoms with Crippen molar-refractivity contribution in [1.29, 1.82) is 0 Å². The summed E-state index contributed by atoms with van der Waals surface area (Å²) in [5.74, 6) is 0.270. The van der Waals surface area contributed by atoms with Gasteiger partial charge in [0.1, 0.15) is 0 Å². The number of fused-ring (bicyclic) bond motifs is 1. The standard InChI is InChI=1S/C15H10BrNO3S/c16-12-7-8-13-14(9-6-11-4-2-1-3-5-11)17-21(18,19)20-15(13)10-12/h1-10H/b9-6+. The number of rotatable bonds is 2. The Kier molecular flexibility index (Phi) is 3.65. The van der Waals surface area contributed by atoms with Gasteiger partial charge < -0.3 is 4.18 Å². The summed E-state index contributed by atoms with van der Waals surface area (Å²) in [5.41, 5.74) is 1.95. The highest BCUT2D eigenvalue weighted by Gasteiger charge is 2.23. The molecule has 21 heavy (non-hydrogen) atoms. The normalized spacial score (nSPS) is 16.1. The molecule has 6 heteroatoms. The van der Waals surface area contributed by atoms with E-state index in [9.17, 15) is 8.42 Å². The first-order chi connectivity index (χ1) is 10.0. The first-order valence-electron chi connectivity index (χ1n) is 6.11. The highest BCUT2D eigenvalue weighted by molar-refractivity contribution is 9.10. The smallest absolute Gasteiger partial charge is 0.365 e. The third kappa shape index (κ3) is 3.22. The van der Waals surface area contributed by atoms with E-state index in [-0.39, 0.29) is 5.75 Å². The van der Waals surface area contributed by atoms with E-state index >= 15 is 0 Å². The maximum atomic E-state index is 11.7. The quantitative estimate of drug-likeness (QED) is 0.818. The highest BCUT2D eigenvalue weighted by atomic mass is 79.9. The minimum Gasteiger partial charge on any atom is -0.365 e. The Balaban J connectivity index is 2.05. The van der Waals surface area contributed by atoms with Gasteiger partial charge in [-0.3, -0.25) is 0 Å². The molecule has 0 amide bonds. The van der Waals surface area contributed by atoms with Crippen molar-refractivity contribution in [3.8, 4) is 5.75 Å². The molecule has 0 bridgehead atoms. The predicted octanol–water partition coefficient (Wildman–Crippen LogP) is 3.59. The van der Waals surface area contributed by atoms with E-state index in [1.165, 1.54) is 0 Å². The van der Waals surface area contributed by atoms with Crippen molar-refractivity contribution >= 4 is 38.0 Å². The minimum atomic E-state index is -3.95. The Bertz CT molecular complexity index is 842. The fourth-order valence-corrected chi connectivity index (χ4v) is 3.08. The van der Waals surface area contributed by atoms with Crippen molar-refractivity contribution in [1.82, 2.24) is 0 Å². The van der Waals surface area contributed by atoms with Crippen LogP contribution in [0, 0.1) is 0 Å². The molecule has 4 nitrogen and oxygen atoms in total. The molecule has 0 saturated heterocycles. The number of halogens is 1. The lowest BCUT2D eigenvalue weighted by atomic mass is 10.1. The summed E-state index contributed by atoms with van der Waals surface area (Å²) in [4.78, 5) is 0. The predicted molar refractivity (Wildman–Crippen MR) is 85.7 cm³/mol. The fourth-order valence-electron chi connectivity index (χ4n) is 1.94. The molecule has 2 aromatic rings. The average Bonchev–Trinajstić information content (AvgIpc) is 2.44. The van der Waals surface area contributed by atoms with Crippen molar-refractivity contribution in [3.05, 3.63) is 70.2 Å². The third-order valence-electron chi connectivity index (χ3n) is 2.86. The second-order valence-electron chi connectivity index (χ2n) is 4.37. The zero-order valence-electron chi connectivity index (χ0n) is 10.7. The van der Waals surface area contributed by atoms with Crippen LogP contribution in [0.2, 0.25) is 0 Å². The summed E-state index contributed by atoms with van der Waals surface area (Å²) in [6.07, 6.45) is 3.48. The number of hydrogen-bond donors (Lipinski definition) is 0. The molecule has 0 fully saturated rings. The van der Waals surface area contributed by atoms with Crippen LogP contribution in [0.5, 0.6) is 5.75 Å². The van der Waals surface area contributed by atoms with Crippen LogP contribution in [0.3, 0.4) is 0 Å². The van der Waals surface area contributed by atoms with E-state index in [0.29, 0.717) is 11.3 Å². The van der Waals surface area contributed by atoms with Crippen LogP contribution >= 0.6 is 15.9 Å². The molecule has 0 radical (unpaired) electrons. The van der Waals surface area contributed by atoms with Crippen LogP contribution in [0.25, 0.3) is 6.08 Å². The molecule has 0 saturated carbocycles. The van der Waals surface area contributed by atoms with Crippen molar-refractivity contribution < 1.29 is 12.6 Å². The van der Waals surface area contributed by atoms with Crippen LogP contribution in [-0.2, 0) is 10.3 Å². The lowest BCUT2D eigenvalue weighted by Gasteiger charge is -2.15. The van der Waals surface area contributed by atoms with Gasteiger partial charge in [0.05, 0.1) is 5.71 Å². The SMILES string of the molecule is O=S1(=O)N=C(/C=C/c2ccccc2)c2ccc(Br)cc2O1. The molecule has 0 aliphatic carbocycles. The molecule has 0 spiro atoms. The monoisotopic (exact) mass is 363 g/mol. The van der Waals surface area contributed by atoms with Gasteiger partial charge in [-0.05, 0) is 29.8 Å². The van der Waals surface area contributed by atoms with Crippen LogP contribution in [-0.4, -0.2) is 14.1 Å². The lowest BCUT2D eigenvalue weighted by Crippen LogP contribution is -2.17. The first kappa shape index (κ1) is 14.0. The molecule has 1 heterocycles. The molecule has 0 atom stereocenters. The van der Waals surface area contributed by atoms with Crippen molar-refractivity contribution in [2.45, 2.75) is 0 Å². The van der Waals surface area contributed by atoms with Gasteiger partial charge in [0, 0.05) is 10.0 Å². The van der Waals surface area contributed by atoms with Crippen molar-refractivity contribution in [2.75, 3.05) is 0 Å². The highest BCUT2D eigenvalue weighted by Crippen LogP contribution is 2.30. The van der Waals surface area contributed by atoms with E-state index in [0.717, 1.165) is 10.0 Å². The third-order valence-corrected chi connectivity index (χ3v) is 4.16. The summed E-state index contributed by atoms with van der Waals surface area (Å²) < 4.78 is 32.7. The summed E-state index contributed by atoms with van der Waals surface area (Å²) in [5, 5.41) is 0. The maximum Gasteiger partial charge on any atom is 0.429 e. The number of hydrogen-bond acceptors (Lipinski definition) is 3. The van der Waals surface area contributed by atoms with E-state index in [1.807, 2.05) is 42.5 Å². The minimum absolute atomic E-state index is 0.270. The van der Waals surface area contributed by atoms with E-state index in [2.05, 4.69) is 20.3 Å². The lowest BCUT2D eigenvalue weighted by molar-refractivity contribution is 0.485. The van der Waals surface area contributed by atoms with Crippen molar-refractivity contribution in [3.63, 3.8) is 0 Å². The number of nitrogens with zero attached hydrogens (tertiary/aromatic N) is 1. The Morgan fingerprint density at radius 3 is 2.57 bits per heavy atom. The molecule has 1 aliphatic heterocycles. The summed E-state index contributed by atoms with van der Waals surface area (Å²) in [7, 11) is -3.95. The van der Waals surface area contributed by atoms with Crippen molar-refractivity contribution in [2.24, 2.45) is 4.40 Å². The second kappa shape index (κ2) is 5.46. The van der Waals surface area contributed by atoms with E-state index < -0.39 is 10.3 Å². The molecule has 0 N–H and O–H groups in total. The van der Waals surface area contributed by atoms with Gasteiger partial charge >= 0.3 is 10.3 Å². The molecule has 1 aliphatic rings. The molecular formula is C15H10BrNO3S. The van der Waals surface area contributed by atoms with Gasteiger partial charge in [-0.2, -0.15) is 8.42 Å². The Morgan fingerprint density at radius 1 is 1.05 bits per heavy atom. The van der Waals surface area contributed by atoms with Gasteiger partial charge in [0.2, 0.25) is 0 Å². The zero-order valence-corrected chi connectivity index (χ0v) is 13.1. The molecule has 0 unspecified atom stereocenters. The van der Waals surface area contributed by atoms with E-state index in [1.54, 1.807) is 18.2 Å². The second-order valence-corrected chi connectivity index (χ2v) is 6.49. The van der Waals surface area contributed by atoms with Gasteiger partial charge in [-0.25, -0.2) is 0 Å². The Morgan fingerprint density at radius 2 is 1.81 bits per heavy atom. The Labute approximate surface area is 131 Å². The molecular weight excluding hydrogens is 354 g/mol. The number of allylic oxidation sites excluding steroid dienone is 1. The van der Waals surface area contributed by atoms with E-state index in [4.69, 9.17) is 4.18 Å². The van der Waals surface area contributed by atoms with Crippen LogP contribution in [0.15, 0.2) is 63.5 Å². The van der Waals surface area contributed by atoms with Gasteiger partial charge in [0.15, 0.2) is 5.75 Å². The number of benzene rings is 2. The zero-order chi connectivity index (χ0) is 14.9. The van der Waals surface area contributed by atoms with Crippen LogP contribution < -0.4 is 4.18 Å². The largest absolute Gasteiger partial charge is 0.429 e. The Hall–Kier alpha value is -1.92. The molecule has 106 valence electrons. The molecule has 2 aromatic carbocycles. The first-order valence-corrected chi connectivity index (χ1v) is 8.27. The summed E-state index contributed by atoms with van der Waals surface area (Å²) in [6.45, 7) is 0. The molecule has 3 rings (SSSR count). The van der Waals surface area contributed by atoms with Crippen LogP contribution in [0.4, 0.5) is 0 Å². The van der Waals surface area contributed by atoms with Gasteiger partial charge in [0.25, 0.3) is 0 Å².